The van der Waals surface area contributed by atoms with Gasteiger partial charge < -0.3 is 19.5 Å². The maximum atomic E-state index is 13.5. The Morgan fingerprint density at radius 2 is 1.76 bits per heavy atom. The summed E-state index contributed by atoms with van der Waals surface area (Å²) in [6, 6.07) is 26.4. The van der Waals surface area contributed by atoms with Gasteiger partial charge in [0.05, 0.1) is 19.3 Å². The monoisotopic (exact) mass is 493 g/mol. The van der Waals surface area contributed by atoms with Crippen LogP contribution < -0.4 is 10.1 Å². The molecule has 3 aromatic carbocycles. The van der Waals surface area contributed by atoms with Gasteiger partial charge in [-0.15, -0.1) is 0 Å². The van der Waals surface area contributed by atoms with Crippen LogP contribution in [-0.4, -0.2) is 21.7 Å². The SMILES string of the molecule is COc1ccccc1NC(=S)N(Cc1ccccc1)Cc1cccn1Cc1ccc(F)cc1Cl. The minimum absolute atomic E-state index is 0.344. The van der Waals surface area contributed by atoms with E-state index in [0.717, 1.165) is 28.3 Å². The van der Waals surface area contributed by atoms with Crippen LogP contribution in [0.15, 0.2) is 91.1 Å². The van der Waals surface area contributed by atoms with Crippen LogP contribution in [0.1, 0.15) is 16.8 Å². The van der Waals surface area contributed by atoms with Crippen molar-refractivity contribution >= 4 is 34.6 Å². The summed E-state index contributed by atoms with van der Waals surface area (Å²) in [4.78, 5) is 2.11. The fourth-order valence-corrected chi connectivity index (χ4v) is 4.19. The Bertz CT molecular complexity index is 1260. The zero-order chi connectivity index (χ0) is 23.9. The van der Waals surface area contributed by atoms with E-state index < -0.39 is 0 Å². The number of rotatable bonds is 8. The molecule has 4 aromatic rings. The Morgan fingerprint density at radius 3 is 2.53 bits per heavy atom. The number of benzene rings is 3. The van der Waals surface area contributed by atoms with Crippen molar-refractivity contribution in [2.75, 3.05) is 12.4 Å². The maximum Gasteiger partial charge on any atom is 0.174 e. The number of ether oxygens (including phenoxy) is 1. The Kier molecular flexibility index (Phi) is 7.83. The van der Waals surface area contributed by atoms with Gasteiger partial charge in [0.15, 0.2) is 5.11 Å². The highest BCUT2D eigenvalue weighted by Crippen LogP contribution is 2.25. The van der Waals surface area contributed by atoms with E-state index in [1.54, 1.807) is 13.2 Å². The van der Waals surface area contributed by atoms with Gasteiger partial charge in [-0.1, -0.05) is 60.1 Å². The van der Waals surface area contributed by atoms with Crippen molar-refractivity contribution < 1.29 is 9.13 Å². The molecule has 0 bridgehead atoms. The molecule has 0 unspecified atom stereocenters. The van der Waals surface area contributed by atoms with Crippen molar-refractivity contribution in [3.05, 3.63) is 119 Å². The zero-order valence-electron chi connectivity index (χ0n) is 18.7. The van der Waals surface area contributed by atoms with Crippen molar-refractivity contribution in [2.45, 2.75) is 19.6 Å². The average molecular weight is 494 g/mol. The van der Waals surface area contributed by atoms with Crippen LogP contribution in [0.25, 0.3) is 0 Å². The number of hydrogen-bond acceptors (Lipinski definition) is 2. The van der Waals surface area contributed by atoms with Gasteiger partial charge >= 0.3 is 0 Å². The summed E-state index contributed by atoms with van der Waals surface area (Å²) in [7, 11) is 1.64. The summed E-state index contributed by atoms with van der Waals surface area (Å²) in [5, 5.41) is 4.33. The van der Waals surface area contributed by atoms with Gasteiger partial charge in [-0.05, 0) is 59.7 Å². The molecular formula is C27H25ClFN3OS. The molecule has 0 radical (unpaired) electrons. The molecule has 4 nitrogen and oxygen atoms in total. The molecule has 4 rings (SSSR count). The number of halogens is 2. The molecular weight excluding hydrogens is 469 g/mol. The Labute approximate surface area is 209 Å². The molecule has 0 aliphatic rings. The summed E-state index contributed by atoms with van der Waals surface area (Å²) in [5.74, 6) is 0.377. The topological polar surface area (TPSA) is 29.4 Å². The molecule has 34 heavy (non-hydrogen) atoms. The highest BCUT2D eigenvalue weighted by Gasteiger charge is 2.16. The van der Waals surface area contributed by atoms with Crippen LogP contribution in [0.2, 0.25) is 5.02 Å². The van der Waals surface area contributed by atoms with E-state index in [4.69, 9.17) is 28.6 Å². The minimum Gasteiger partial charge on any atom is -0.495 e. The van der Waals surface area contributed by atoms with Crippen molar-refractivity contribution in [1.29, 1.82) is 0 Å². The van der Waals surface area contributed by atoms with E-state index >= 15 is 0 Å². The summed E-state index contributed by atoms with van der Waals surface area (Å²) in [6.07, 6.45) is 1.99. The summed E-state index contributed by atoms with van der Waals surface area (Å²) in [6.45, 7) is 1.74. The van der Waals surface area contributed by atoms with Gasteiger partial charge in [-0.2, -0.15) is 0 Å². The normalized spacial score (nSPS) is 10.7. The molecule has 1 aromatic heterocycles. The van der Waals surface area contributed by atoms with Crippen molar-refractivity contribution in [3.8, 4) is 5.75 Å². The highest BCUT2D eigenvalue weighted by atomic mass is 35.5. The molecule has 0 aliphatic carbocycles. The van der Waals surface area contributed by atoms with Crippen LogP contribution in [-0.2, 0) is 19.6 Å². The van der Waals surface area contributed by atoms with Gasteiger partial charge in [-0.3, -0.25) is 0 Å². The van der Waals surface area contributed by atoms with Crippen LogP contribution >= 0.6 is 23.8 Å². The number of methoxy groups -OCH3 is 1. The van der Waals surface area contributed by atoms with Gasteiger partial charge in [0.25, 0.3) is 0 Å². The van der Waals surface area contributed by atoms with E-state index in [-0.39, 0.29) is 5.82 Å². The Balaban J connectivity index is 1.58. The lowest BCUT2D eigenvalue weighted by Crippen LogP contribution is -2.34. The van der Waals surface area contributed by atoms with Gasteiger partial charge in [-0.25, -0.2) is 4.39 Å². The number of nitrogens with one attached hydrogen (secondary N) is 1. The van der Waals surface area contributed by atoms with Crippen LogP contribution in [0.3, 0.4) is 0 Å². The lowest BCUT2D eigenvalue weighted by atomic mass is 10.2. The third kappa shape index (κ3) is 5.95. The number of para-hydroxylation sites is 2. The first-order chi connectivity index (χ1) is 16.5. The Hall–Kier alpha value is -3.35. The smallest absolute Gasteiger partial charge is 0.174 e. The minimum atomic E-state index is -0.344. The van der Waals surface area contributed by atoms with Gasteiger partial charge in [0.2, 0.25) is 0 Å². The summed E-state index contributed by atoms with van der Waals surface area (Å²) in [5.41, 5.74) is 3.86. The Morgan fingerprint density at radius 1 is 1.00 bits per heavy atom. The molecule has 0 saturated heterocycles. The standard InChI is InChI=1S/C27H25ClFN3OS/c1-33-26-12-6-5-11-25(26)30-27(34)32(17-20-8-3-2-4-9-20)19-23-10-7-15-31(23)18-21-13-14-22(29)16-24(21)28/h2-16H,17-19H2,1H3,(H,30,34). The van der Waals surface area contributed by atoms with E-state index in [0.29, 0.717) is 29.8 Å². The molecule has 1 N–H and O–H groups in total. The second-order valence-corrected chi connectivity index (χ2v) is 8.63. The fourth-order valence-electron chi connectivity index (χ4n) is 3.72. The molecule has 174 valence electrons. The summed E-state index contributed by atoms with van der Waals surface area (Å²) < 4.78 is 21.0. The summed E-state index contributed by atoms with van der Waals surface area (Å²) >= 11 is 12.1. The van der Waals surface area contributed by atoms with Gasteiger partial charge in [0.1, 0.15) is 11.6 Å². The van der Waals surface area contributed by atoms with E-state index in [1.807, 2.05) is 54.7 Å². The van der Waals surface area contributed by atoms with Crippen LogP contribution in [0, 0.1) is 5.82 Å². The molecule has 0 amide bonds. The third-order valence-electron chi connectivity index (χ3n) is 5.48. The quantitative estimate of drug-likeness (QED) is 0.275. The molecule has 0 saturated carbocycles. The largest absolute Gasteiger partial charge is 0.495 e. The number of hydrogen-bond donors (Lipinski definition) is 1. The van der Waals surface area contributed by atoms with E-state index in [1.165, 1.54) is 12.1 Å². The number of thiocarbonyl (C=S) groups is 1. The lowest BCUT2D eigenvalue weighted by molar-refractivity contribution is 0.398. The first kappa shape index (κ1) is 23.8. The lowest BCUT2D eigenvalue weighted by Gasteiger charge is -2.27. The molecule has 0 fully saturated rings. The van der Waals surface area contributed by atoms with Crippen molar-refractivity contribution in [2.24, 2.45) is 0 Å². The van der Waals surface area contributed by atoms with Gasteiger partial charge in [0, 0.05) is 30.0 Å². The number of aromatic nitrogens is 1. The van der Waals surface area contributed by atoms with Crippen LogP contribution in [0.4, 0.5) is 10.1 Å². The fraction of sp³-hybridized carbons (Fsp3) is 0.148. The molecule has 0 atom stereocenters. The molecule has 1 heterocycles. The van der Waals surface area contributed by atoms with E-state index in [9.17, 15) is 4.39 Å². The first-order valence-corrected chi connectivity index (χ1v) is 11.6. The first-order valence-electron chi connectivity index (χ1n) is 10.8. The average Bonchev–Trinajstić information content (AvgIpc) is 3.28. The number of nitrogens with zero attached hydrogens (tertiary/aromatic N) is 2. The number of anilines is 1. The van der Waals surface area contributed by atoms with E-state index in [2.05, 4.69) is 33.0 Å². The predicted octanol–water partition coefficient (Wildman–Crippen LogP) is 6.74. The molecule has 0 aliphatic heterocycles. The second-order valence-electron chi connectivity index (χ2n) is 7.84. The van der Waals surface area contributed by atoms with Crippen molar-refractivity contribution in [3.63, 3.8) is 0 Å². The third-order valence-corrected chi connectivity index (χ3v) is 6.20. The van der Waals surface area contributed by atoms with Crippen molar-refractivity contribution in [1.82, 2.24) is 9.47 Å². The molecule has 0 spiro atoms. The van der Waals surface area contributed by atoms with Crippen LogP contribution in [0.5, 0.6) is 5.75 Å². The predicted molar refractivity (Wildman–Crippen MR) is 140 cm³/mol. The second kappa shape index (κ2) is 11.2. The maximum absolute atomic E-state index is 13.5. The molecule has 7 heteroatoms. The zero-order valence-corrected chi connectivity index (χ0v) is 20.3. The highest BCUT2D eigenvalue weighted by molar-refractivity contribution is 7.80.